The molecule has 0 aliphatic carbocycles. The molecule has 4 rings (SSSR count). The van der Waals surface area contributed by atoms with Gasteiger partial charge in [-0.25, -0.2) is 4.79 Å². The predicted octanol–water partition coefficient (Wildman–Crippen LogP) is 3.55. The number of amides is 2. The second-order valence-electron chi connectivity index (χ2n) is 8.94. The number of alkyl halides is 3. The minimum Gasteiger partial charge on any atom is -0.367 e. The molecule has 172 valence electrons. The monoisotopic (exact) mass is 439 g/mol. The van der Waals surface area contributed by atoms with Crippen LogP contribution in [0.1, 0.15) is 31.2 Å². The number of nitrogens with one attached hydrogen (secondary N) is 1. The Morgan fingerprint density at radius 1 is 1.00 bits per heavy atom. The highest BCUT2D eigenvalue weighted by atomic mass is 19.4. The number of likely N-dealkylation sites (tertiary alicyclic amines) is 2. The first-order valence-electron chi connectivity index (χ1n) is 11.3. The van der Waals surface area contributed by atoms with Gasteiger partial charge in [-0.15, -0.1) is 0 Å². The van der Waals surface area contributed by atoms with Crippen LogP contribution in [0, 0.1) is 0 Å². The largest absolute Gasteiger partial charge is 0.416 e. The molecule has 0 bridgehead atoms. The quantitative estimate of drug-likeness (QED) is 0.782. The summed E-state index contributed by atoms with van der Waals surface area (Å²) < 4.78 is 40.1. The van der Waals surface area contributed by atoms with Crippen LogP contribution in [0.2, 0.25) is 0 Å². The summed E-state index contributed by atoms with van der Waals surface area (Å²) in [6.45, 7) is 6.50. The van der Waals surface area contributed by atoms with Gasteiger partial charge in [0.15, 0.2) is 0 Å². The maximum Gasteiger partial charge on any atom is 0.416 e. The summed E-state index contributed by atoms with van der Waals surface area (Å²) in [5, 5.41) is 2.83. The van der Waals surface area contributed by atoms with Crippen molar-refractivity contribution in [1.29, 1.82) is 0 Å². The fourth-order valence-electron chi connectivity index (χ4n) is 4.87. The average Bonchev–Trinajstić information content (AvgIpc) is 3.29. The molecule has 0 unspecified atom stereocenters. The Morgan fingerprint density at radius 2 is 1.71 bits per heavy atom. The van der Waals surface area contributed by atoms with E-state index in [0.29, 0.717) is 37.9 Å². The molecule has 3 saturated heterocycles. The van der Waals surface area contributed by atoms with Gasteiger partial charge in [-0.1, -0.05) is 0 Å². The number of likely N-dealkylation sites (N-methyl/N-ethyl adjacent to an activating group) is 1. The highest BCUT2D eigenvalue weighted by Gasteiger charge is 2.33. The lowest BCUT2D eigenvalue weighted by atomic mass is 10.0. The van der Waals surface area contributed by atoms with Crippen LogP contribution in [0.4, 0.5) is 29.3 Å². The molecular formula is C22H32F3N5O. The van der Waals surface area contributed by atoms with Gasteiger partial charge in [0.1, 0.15) is 0 Å². The lowest BCUT2D eigenvalue weighted by Crippen LogP contribution is -2.50. The van der Waals surface area contributed by atoms with E-state index >= 15 is 0 Å². The van der Waals surface area contributed by atoms with E-state index in [1.165, 1.54) is 18.9 Å². The summed E-state index contributed by atoms with van der Waals surface area (Å²) in [6, 6.07) is 3.72. The van der Waals surface area contributed by atoms with Crippen molar-refractivity contribution in [2.24, 2.45) is 0 Å². The van der Waals surface area contributed by atoms with Crippen molar-refractivity contribution < 1.29 is 18.0 Å². The van der Waals surface area contributed by atoms with E-state index in [1.54, 1.807) is 4.90 Å². The molecule has 3 aliphatic rings. The van der Waals surface area contributed by atoms with Gasteiger partial charge in [0.05, 0.1) is 16.9 Å². The normalized spacial score (nSPS) is 23.9. The van der Waals surface area contributed by atoms with E-state index in [4.69, 9.17) is 0 Å². The highest BCUT2D eigenvalue weighted by molar-refractivity contribution is 5.93. The van der Waals surface area contributed by atoms with Gasteiger partial charge >= 0.3 is 12.2 Å². The first kappa shape index (κ1) is 22.2. The number of halogens is 3. The molecule has 0 saturated carbocycles. The molecule has 3 fully saturated rings. The van der Waals surface area contributed by atoms with Crippen LogP contribution in [0.3, 0.4) is 0 Å². The number of carbonyl (C=O) groups is 1. The summed E-state index contributed by atoms with van der Waals surface area (Å²) in [5.41, 5.74) is 0.157. The maximum absolute atomic E-state index is 13.4. The molecule has 3 aliphatic heterocycles. The van der Waals surface area contributed by atoms with Gasteiger partial charge in [-0.05, 0) is 64.0 Å². The first-order chi connectivity index (χ1) is 14.8. The second-order valence-corrected chi connectivity index (χ2v) is 8.94. The Morgan fingerprint density at radius 3 is 2.39 bits per heavy atom. The highest BCUT2D eigenvalue weighted by Crippen LogP contribution is 2.36. The van der Waals surface area contributed by atoms with E-state index < -0.39 is 11.7 Å². The molecule has 0 aromatic heterocycles. The molecule has 0 radical (unpaired) electrons. The zero-order valence-corrected chi connectivity index (χ0v) is 18.1. The van der Waals surface area contributed by atoms with Crippen molar-refractivity contribution in [3.05, 3.63) is 23.8 Å². The number of piperidine rings is 1. The third kappa shape index (κ3) is 5.26. The number of carbonyl (C=O) groups excluding carboxylic acids is 1. The fourth-order valence-corrected chi connectivity index (χ4v) is 4.87. The van der Waals surface area contributed by atoms with Gasteiger partial charge in [0.2, 0.25) is 0 Å². The summed E-state index contributed by atoms with van der Waals surface area (Å²) in [5.74, 6) is 0. The van der Waals surface area contributed by atoms with Crippen molar-refractivity contribution in [1.82, 2.24) is 14.7 Å². The molecule has 31 heavy (non-hydrogen) atoms. The summed E-state index contributed by atoms with van der Waals surface area (Å²) in [7, 11) is 2.03. The van der Waals surface area contributed by atoms with Crippen LogP contribution in [0.5, 0.6) is 0 Å². The van der Waals surface area contributed by atoms with E-state index in [0.717, 1.165) is 51.2 Å². The van der Waals surface area contributed by atoms with Gasteiger partial charge in [0, 0.05) is 45.3 Å². The molecule has 9 heteroatoms. The van der Waals surface area contributed by atoms with Crippen LogP contribution in [0.15, 0.2) is 18.2 Å². The van der Waals surface area contributed by atoms with Crippen molar-refractivity contribution in [2.45, 2.75) is 37.9 Å². The molecule has 1 aromatic rings. The van der Waals surface area contributed by atoms with Crippen LogP contribution >= 0.6 is 0 Å². The van der Waals surface area contributed by atoms with Crippen molar-refractivity contribution in [3.63, 3.8) is 0 Å². The molecule has 1 aromatic carbocycles. The van der Waals surface area contributed by atoms with Gasteiger partial charge in [-0.2, -0.15) is 13.2 Å². The van der Waals surface area contributed by atoms with Crippen LogP contribution in [0.25, 0.3) is 0 Å². The predicted molar refractivity (Wildman–Crippen MR) is 116 cm³/mol. The Bertz CT molecular complexity index is 773. The number of piperazine rings is 1. The van der Waals surface area contributed by atoms with Crippen molar-refractivity contribution >= 4 is 17.4 Å². The Balaban J connectivity index is 1.51. The van der Waals surface area contributed by atoms with Crippen LogP contribution < -0.4 is 10.2 Å². The molecule has 6 nitrogen and oxygen atoms in total. The summed E-state index contributed by atoms with van der Waals surface area (Å²) >= 11 is 0. The number of urea groups is 1. The zero-order chi connectivity index (χ0) is 22.0. The molecule has 1 atom stereocenters. The van der Waals surface area contributed by atoms with Gasteiger partial charge < -0.3 is 20.0 Å². The van der Waals surface area contributed by atoms with Crippen molar-refractivity contribution in [2.75, 3.05) is 69.6 Å². The topological polar surface area (TPSA) is 42.1 Å². The number of hydrogen-bond donors (Lipinski definition) is 1. The standard InChI is InChI=1S/C22H32F3N5O/c1-27-11-13-29(14-12-27)20-7-6-17(22(23,24)25)15-19(20)26-21(31)30-10-4-5-18(16-30)28-8-2-3-9-28/h6-7,15,18H,2-5,8-14,16H2,1H3,(H,26,31)/t18-/m1/s1. The van der Waals surface area contributed by atoms with E-state index in [9.17, 15) is 18.0 Å². The third-order valence-corrected chi connectivity index (χ3v) is 6.75. The number of anilines is 2. The maximum atomic E-state index is 13.4. The Labute approximate surface area is 182 Å². The zero-order valence-electron chi connectivity index (χ0n) is 18.1. The lowest BCUT2D eigenvalue weighted by molar-refractivity contribution is -0.137. The van der Waals surface area contributed by atoms with E-state index in [1.807, 2.05) is 7.05 Å². The smallest absolute Gasteiger partial charge is 0.367 e. The van der Waals surface area contributed by atoms with E-state index in [-0.39, 0.29) is 11.7 Å². The summed E-state index contributed by atoms with van der Waals surface area (Å²) in [6.07, 6.45) is -0.0723. The molecule has 0 spiro atoms. The summed E-state index contributed by atoms with van der Waals surface area (Å²) in [4.78, 5) is 21.5. The third-order valence-electron chi connectivity index (χ3n) is 6.75. The molecular weight excluding hydrogens is 407 g/mol. The second kappa shape index (κ2) is 9.24. The molecule has 1 N–H and O–H groups in total. The number of nitrogens with zero attached hydrogens (tertiary/aromatic N) is 4. The SMILES string of the molecule is CN1CCN(c2ccc(C(F)(F)F)cc2NC(=O)N2CCC[C@@H](N3CCCC3)C2)CC1. The van der Waals surface area contributed by atoms with E-state index in [2.05, 4.69) is 20.0 Å². The Hall–Kier alpha value is -2.00. The average molecular weight is 440 g/mol. The van der Waals surface area contributed by atoms with Crippen molar-refractivity contribution in [3.8, 4) is 0 Å². The lowest BCUT2D eigenvalue weighted by Gasteiger charge is -2.38. The molecule has 2 amide bonds. The van der Waals surface area contributed by atoms with Gasteiger partial charge in [-0.3, -0.25) is 4.90 Å². The number of rotatable bonds is 3. The van der Waals surface area contributed by atoms with Crippen LogP contribution in [-0.4, -0.2) is 86.2 Å². The number of hydrogen-bond acceptors (Lipinski definition) is 4. The molecule has 3 heterocycles. The number of benzene rings is 1. The fraction of sp³-hybridized carbons (Fsp3) is 0.682. The minimum absolute atomic E-state index is 0.243. The van der Waals surface area contributed by atoms with Gasteiger partial charge in [0.25, 0.3) is 0 Å². The Kier molecular flexibility index (Phi) is 6.62. The first-order valence-corrected chi connectivity index (χ1v) is 11.3. The minimum atomic E-state index is -4.45. The van der Waals surface area contributed by atoms with Crippen LogP contribution in [-0.2, 0) is 6.18 Å².